The third-order valence-electron chi connectivity index (χ3n) is 4.98. The minimum atomic E-state index is -0.284. The molecule has 1 atom stereocenters. The van der Waals surface area contributed by atoms with Gasteiger partial charge in [-0.15, -0.1) is 0 Å². The van der Waals surface area contributed by atoms with Crippen LogP contribution in [0.1, 0.15) is 46.5 Å². The summed E-state index contributed by atoms with van der Waals surface area (Å²) in [6.07, 6.45) is 4.51. The second-order valence-corrected chi connectivity index (χ2v) is 9.61. The van der Waals surface area contributed by atoms with Crippen LogP contribution >= 0.6 is 23.4 Å². The molecule has 7 heteroatoms. The quantitative estimate of drug-likeness (QED) is 0.523. The van der Waals surface area contributed by atoms with Crippen molar-refractivity contribution in [1.82, 2.24) is 14.5 Å². The Kier molecular flexibility index (Phi) is 7.05. The number of thioether (sulfide) groups is 1. The minimum Gasteiger partial charge on any atom is -0.342 e. The number of carbonyl (C=O) groups is 1. The normalized spacial score (nSPS) is 16.4. The minimum absolute atomic E-state index is 0.0990. The molecule has 5 nitrogen and oxygen atoms in total. The van der Waals surface area contributed by atoms with Gasteiger partial charge in [0, 0.05) is 24.7 Å². The largest absolute Gasteiger partial charge is 0.342 e. The molecule has 0 aliphatic carbocycles. The predicted octanol–water partition coefficient (Wildman–Crippen LogP) is 4.59. The van der Waals surface area contributed by atoms with Gasteiger partial charge in [0.1, 0.15) is 0 Å². The van der Waals surface area contributed by atoms with E-state index in [9.17, 15) is 9.59 Å². The highest BCUT2D eigenvalue weighted by atomic mass is 35.5. The van der Waals surface area contributed by atoms with Crippen LogP contribution in [-0.4, -0.2) is 38.7 Å². The first-order valence-electron chi connectivity index (χ1n) is 10.0. The lowest BCUT2D eigenvalue weighted by molar-refractivity contribution is -0.130. The van der Waals surface area contributed by atoms with Crippen LogP contribution in [0.3, 0.4) is 0 Å². The zero-order valence-corrected chi connectivity index (χ0v) is 18.4. The van der Waals surface area contributed by atoms with Crippen LogP contribution in [-0.2, 0) is 11.3 Å². The van der Waals surface area contributed by atoms with Gasteiger partial charge in [0.25, 0.3) is 5.56 Å². The van der Waals surface area contributed by atoms with E-state index in [0.717, 1.165) is 25.9 Å². The summed E-state index contributed by atoms with van der Waals surface area (Å²) >= 11 is 7.46. The summed E-state index contributed by atoms with van der Waals surface area (Å²) in [6, 6.07) is 5.18. The van der Waals surface area contributed by atoms with Crippen molar-refractivity contribution >= 4 is 40.2 Å². The molecule has 1 aromatic heterocycles. The molecule has 0 N–H and O–H groups in total. The first-order chi connectivity index (χ1) is 13.4. The van der Waals surface area contributed by atoms with Crippen molar-refractivity contribution in [3.05, 3.63) is 33.6 Å². The van der Waals surface area contributed by atoms with Crippen molar-refractivity contribution in [3.8, 4) is 0 Å². The predicted molar refractivity (Wildman–Crippen MR) is 116 cm³/mol. The molecule has 0 spiro atoms. The Bertz CT molecular complexity index is 904. The number of fused-ring (bicyclic) bond motifs is 1. The Labute approximate surface area is 175 Å². The molecule has 3 rings (SSSR count). The molecule has 0 radical (unpaired) electrons. The maximum absolute atomic E-state index is 13.1. The number of carbonyl (C=O) groups excluding carboxylic acids is 1. The standard InChI is InChI=1S/C21H28ClN3O2S/c1-14(2)13-25-20(27)17-12-16(22)8-9-18(17)23-21(25)28-15(3)19(26)24-10-6-4-5-7-11-24/h8-9,12,14-15H,4-7,10-11,13H2,1-3H3/t15-/m0/s1. The number of likely N-dealkylation sites (tertiary alicyclic amines) is 1. The molecule has 0 bridgehead atoms. The summed E-state index contributed by atoms with van der Waals surface area (Å²) in [4.78, 5) is 32.7. The van der Waals surface area contributed by atoms with Gasteiger partial charge in [-0.05, 0) is 43.9 Å². The Hall–Kier alpha value is -1.53. The van der Waals surface area contributed by atoms with E-state index in [-0.39, 0.29) is 22.6 Å². The number of rotatable bonds is 5. The zero-order chi connectivity index (χ0) is 20.3. The van der Waals surface area contributed by atoms with Gasteiger partial charge in [0.2, 0.25) is 5.91 Å². The average Bonchev–Trinajstić information content (AvgIpc) is 2.94. The van der Waals surface area contributed by atoms with E-state index < -0.39 is 0 Å². The van der Waals surface area contributed by atoms with Crippen LogP contribution in [0.2, 0.25) is 5.02 Å². The fraction of sp³-hybridized carbons (Fsp3) is 0.571. The van der Waals surface area contributed by atoms with E-state index in [0.29, 0.717) is 27.6 Å². The Morgan fingerprint density at radius 3 is 2.50 bits per heavy atom. The Morgan fingerprint density at radius 2 is 1.86 bits per heavy atom. The van der Waals surface area contributed by atoms with Crippen LogP contribution in [0.15, 0.2) is 28.2 Å². The van der Waals surface area contributed by atoms with E-state index in [4.69, 9.17) is 16.6 Å². The van der Waals surface area contributed by atoms with Crippen LogP contribution in [0, 0.1) is 5.92 Å². The van der Waals surface area contributed by atoms with Crippen LogP contribution in [0.25, 0.3) is 10.9 Å². The lowest BCUT2D eigenvalue weighted by Gasteiger charge is -2.24. The van der Waals surface area contributed by atoms with Crippen molar-refractivity contribution in [2.24, 2.45) is 5.92 Å². The molecular formula is C21H28ClN3O2S. The van der Waals surface area contributed by atoms with Gasteiger partial charge in [-0.25, -0.2) is 4.98 Å². The highest BCUT2D eigenvalue weighted by Crippen LogP contribution is 2.26. The molecule has 1 aromatic carbocycles. The molecule has 152 valence electrons. The van der Waals surface area contributed by atoms with Gasteiger partial charge in [-0.1, -0.05) is 50.1 Å². The molecule has 0 unspecified atom stereocenters. The average molecular weight is 422 g/mol. The topological polar surface area (TPSA) is 55.2 Å². The first-order valence-corrected chi connectivity index (χ1v) is 11.3. The summed E-state index contributed by atoms with van der Waals surface area (Å²) in [5.74, 6) is 0.417. The van der Waals surface area contributed by atoms with E-state index in [2.05, 4.69) is 13.8 Å². The van der Waals surface area contributed by atoms with Gasteiger partial charge >= 0.3 is 0 Å². The number of hydrogen-bond donors (Lipinski definition) is 0. The van der Waals surface area contributed by atoms with Gasteiger partial charge < -0.3 is 4.90 Å². The number of nitrogens with zero attached hydrogens (tertiary/aromatic N) is 3. The van der Waals surface area contributed by atoms with Gasteiger partial charge in [-0.3, -0.25) is 14.2 Å². The first kappa shape index (κ1) is 21.2. The fourth-order valence-corrected chi connectivity index (χ4v) is 4.72. The van der Waals surface area contributed by atoms with Crippen molar-refractivity contribution in [3.63, 3.8) is 0 Å². The van der Waals surface area contributed by atoms with Crippen molar-refractivity contribution in [2.75, 3.05) is 13.1 Å². The lowest BCUT2D eigenvalue weighted by Crippen LogP contribution is -2.37. The number of benzene rings is 1. The summed E-state index contributed by atoms with van der Waals surface area (Å²) < 4.78 is 1.69. The highest BCUT2D eigenvalue weighted by Gasteiger charge is 2.24. The lowest BCUT2D eigenvalue weighted by atomic mass is 10.2. The molecule has 1 aliphatic heterocycles. The third-order valence-corrected chi connectivity index (χ3v) is 6.29. The third kappa shape index (κ3) is 4.90. The molecule has 2 heterocycles. The molecular weight excluding hydrogens is 394 g/mol. The van der Waals surface area contributed by atoms with E-state index in [1.807, 2.05) is 11.8 Å². The molecule has 28 heavy (non-hydrogen) atoms. The van der Waals surface area contributed by atoms with E-state index in [1.165, 1.54) is 24.6 Å². The highest BCUT2D eigenvalue weighted by molar-refractivity contribution is 8.00. The second kappa shape index (κ2) is 9.31. The van der Waals surface area contributed by atoms with Crippen molar-refractivity contribution in [2.45, 2.75) is 63.4 Å². The SMILES string of the molecule is CC(C)Cn1c(S[C@@H](C)C(=O)N2CCCCCC2)nc2ccc(Cl)cc2c1=O. The second-order valence-electron chi connectivity index (χ2n) is 7.87. The summed E-state index contributed by atoms with van der Waals surface area (Å²) in [5, 5.41) is 1.36. The fourth-order valence-electron chi connectivity index (χ4n) is 3.55. The maximum atomic E-state index is 13.1. The van der Waals surface area contributed by atoms with Gasteiger partial charge in [-0.2, -0.15) is 0 Å². The Morgan fingerprint density at radius 1 is 1.18 bits per heavy atom. The van der Waals surface area contributed by atoms with Gasteiger partial charge in [0.15, 0.2) is 5.16 Å². The molecule has 0 saturated carbocycles. The summed E-state index contributed by atoms with van der Waals surface area (Å²) in [5.41, 5.74) is 0.518. The molecule has 2 aromatic rings. The Balaban J connectivity index is 1.93. The zero-order valence-electron chi connectivity index (χ0n) is 16.8. The maximum Gasteiger partial charge on any atom is 0.262 e. The van der Waals surface area contributed by atoms with E-state index in [1.54, 1.807) is 22.8 Å². The van der Waals surface area contributed by atoms with Crippen LogP contribution in [0.4, 0.5) is 0 Å². The smallest absolute Gasteiger partial charge is 0.262 e. The monoisotopic (exact) mass is 421 g/mol. The van der Waals surface area contributed by atoms with E-state index >= 15 is 0 Å². The molecule has 1 amide bonds. The van der Waals surface area contributed by atoms with Crippen LogP contribution in [0.5, 0.6) is 0 Å². The molecule has 1 saturated heterocycles. The summed E-state index contributed by atoms with van der Waals surface area (Å²) in [7, 11) is 0. The van der Waals surface area contributed by atoms with Gasteiger partial charge in [0.05, 0.1) is 16.2 Å². The number of hydrogen-bond acceptors (Lipinski definition) is 4. The molecule has 1 aliphatic rings. The van der Waals surface area contributed by atoms with Crippen LogP contribution < -0.4 is 5.56 Å². The number of aromatic nitrogens is 2. The molecule has 1 fully saturated rings. The van der Waals surface area contributed by atoms with Crippen molar-refractivity contribution < 1.29 is 4.79 Å². The number of amides is 1. The summed E-state index contributed by atoms with van der Waals surface area (Å²) in [6.45, 7) is 8.25. The number of halogens is 1. The van der Waals surface area contributed by atoms with Crippen molar-refractivity contribution in [1.29, 1.82) is 0 Å².